The summed E-state index contributed by atoms with van der Waals surface area (Å²) in [5.74, 6) is 0. The van der Waals surface area contributed by atoms with Gasteiger partial charge in [0.2, 0.25) is 0 Å². The molecule has 0 saturated heterocycles. The first-order chi connectivity index (χ1) is 31.7. The van der Waals surface area contributed by atoms with Crippen LogP contribution in [0, 0.1) is 0 Å². The van der Waals surface area contributed by atoms with Crippen molar-refractivity contribution < 1.29 is 0 Å². The molecule has 302 valence electrons. The van der Waals surface area contributed by atoms with Crippen LogP contribution in [-0.2, 0) is 0 Å². The number of rotatable bonds is 6. The van der Waals surface area contributed by atoms with Crippen LogP contribution in [0.2, 0.25) is 0 Å². The molecule has 0 amide bonds. The molecule has 4 aliphatic rings. The molecule has 4 heterocycles. The van der Waals surface area contributed by atoms with Crippen LogP contribution >= 0.6 is 0 Å². The molecule has 2 unspecified atom stereocenters. The summed E-state index contributed by atoms with van der Waals surface area (Å²) in [7, 11) is 0. The summed E-state index contributed by atoms with van der Waals surface area (Å²) < 4.78 is 0. The van der Waals surface area contributed by atoms with E-state index in [4.69, 9.17) is 9.98 Å². The Bertz CT molecular complexity index is 3200. The van der Waals surface area contributed by atoms with Crippen molar-refractivity contribution in [1.82, 2.24) is 9.80 Å². The molecular weight excluding hydrogens is 777 g/mol. The molecule has 0 fully saturated rings. The van der Waals surface area contributed by atoms with Crippen LogP contribution < -0.4 is 0 Å². The second-order valence-electron chi connectivity index (χ2n) is 17.2. The number of hydrogen-bond acceptors (Lipinski definition) is 4. The largest absolute Gasteiger partial charge is 0.347 e. The third kappa shape index (κ3) is 5.90. The Kier molecular flexibility index (Phi) is 8.45. The lowest BCUT2D eigenvalue weighted by atomic mass is 9.84. The Hall–Kier alpha value is -8.08. The molecule has 0 N–H and O–H groups in total. The van der Waals surface area contributed by atoms with Crippen LogP contribution in [0.15, 0.2) is 229 Å². The van der Waals surface area contributed by atoms with Crippen LogP contribution in [0.3, 0.4) is 0 Å². The Labute approximate surface area is 372 Å². The third-order valence-electron chi connectivity index (χ3n) is 13.6. The van der Waals surface area contributed by atoms with Crippen molar-refractivity contribution >= 4 is 54.5 Å². The molecule has 0 bridgehead atoms. The summed E-state index contributed by atoms with van der Waals surface area (Å²) in [5, 5.41) is 10.0. The van der Waals surface area contributed by atoms with Gasteiger partial charge < -0.3 is 9.80 Å². The van der Waals surface area contributed by atoms with Gasteiger partial charge in [0.1, 0.15) is 12.3 Å². The maximum atomic E-state index is 5.02. The number of allylic oxidation sites excluding steroid dienone is 4. The van der Waals surface area contributed by atoms with Gasteiger partial charge in [0.05, 0.1) is 24.5 Å². The van der Waals surface area contributed by atoms with Crippen molar-refractivity contribution in [3.05, 3.63) is 230 Å². The molecule has 9 aromatic carbocycles. The molecule has 0 saturated carbocycles. The highest BCUT2D eigenvalue weighted by atomic mass is 15.3. The van der Waals surface area contributed by atoms with Crippen molar-refractivity contribution in [3.8, 4) is 44.5 Å². The van der Waals surface area contributed by atoms with Gasteiger partial charge >= 0.3 is 0 Å². The van der Waals surface area contributed by atoms with Gasteiger partial charge in [-0.3, -0.25) is 9.98 Å². The van der Waals surface area contributed by atoms with E-state index in [0.717, 1.165) is 24.5 Å². The number of aliphatic imine (C=N–C) groups is 2. The van der Waals surface area contributed by atoms with Crippen LogP contribution in [0.25, 0.3) is 87.6 Å². The lowest BCUT2D eigenvalue weighted by Crippen LogP contribution is -2.25. The van der Waals surface area contributed by atoms with Gasteiger partial charge in [-0.15, -0.1) is 0 Å². The van der Waals surface area contributed by atoms with Gasteiger partial charge in [0.25, 0.3) is 0 Å². The van der Waals surface area contributed by atoms with Crippen molar-refractivity contribution in [1.29, 1.82) is 0 Å². The van der Waals surface area contributed by atoms with Gasteiger partial charge in [-0.1, -0.05) is 182 Å². The highest BCUT2D eigenvalue weighted by Crippen LogP contribution is 2.46. The number of fused-ring (bicyclic) bond motifs is 6. The van der Waals surface area contributed by atoms with E-state index in [-0.39, 0.29) is 12.3 Å². The van der Waals surface area contributed by atoms with Crippen molar-refractivity contribution in [2.24, 2.45) is 9.98 Å². The minimum atomic E-state index is 0.0973. The van der Waals surface area contributed by atoms with Crippen LogP contribution in [0.1, 0.15) is 11.1 Å². The highest BCUT2D eigenvalue weighted by molar-refractivity contribution is 6.23. The predicted molar refractivity (Wildman–Crippen MR) is 269 cm³/mol. The second kappa shape index (κ2) is 14.8. The van der Waals surface area contributed by atoms with Gasteiger partial charge in [-0.05, 0) is 123 Å². The molecular formula is C60H42N4. The summed E-state index contributed by atoms with van der Waals surface area (Å²) in [6.07, 6.45) is 17.1. The number of benzene rings is 9. The summed E-state index contributed by atoms with van der Waals surface area (Å²) in [6, 6.07) is 63.1. The van der Waals surface area contributed by atoms with E-state index in [2.05, 4.69) is 229 Å². The minimum absolute atomic E-state index is 0.0973. The van der Waals surface area contributed by atoms with Gasteiger partial charge in [-0.2, -0.15) is 0 Å². The zero-order valence-corrected chi connectivity index (χ0v) is 35.1. The molecule has 13 rings (SSSR count). The topological polar surface area (TPSA) is 31.2 Å². The fourth-order valence-corrected chi connectivity index (χ4v) is 10.6. The molecule has 0 aliphatic carbocycles. The fraction of sp³-hybridized carbons (Fsp3) is 0.0667. The molecule has 0 spiro atoms. The van der Waals surface area contributed by atoms with E-state index in [1.54, 1.807) is 0 Å². The molecule has 4 nitrogen and oxygen atoms in total. The zero-order valence-electron chi connectivity index (χ0n) is 35.1. The summed E-state index contributed by atoms with van der Waals surface area (Å²) in [5.41, 5.74) is 14.5. The monoisotopic (exact) mass is 818 g/mol. The van der Waals surface area contributed by atoms with E-state index >= 15 is 0 Å². The quantitative estimate of drug-likeness (QED) is 0.157. The maximum Gasteiger partial charge on any atom is 0.140 e. The smallest absolute Gasteiger partial charge is 0.140 e. The number of hydrogen-bond donors (Lipinski definition) is 0. The molecule has 64 heavy (non-hydrogen) atoms. The first-order valence-electron chi connectivity index (χ1n) is 22.3. The van der Waals surface area contributed by atoms with Crippen LogP contribution in [0.4, 0.5) is 0 Å². The lowest BCUT2D eigenvalue weighted by molar-refractivity contribution is 0.393. The Morgan fingerprint density at radius 3 is 0.797 bits per heavy atom. The standard InChI is InChI=1S/C60H42N4/c1-5-17-49-45(13-1)57(41-27-23-39(24-28-41)53-37-63-35-11-9-21-55(63)61-53)46-14-2-6-18-50(46)59(49)43-31-33-44(34-32-43)60-51-19-7-3-15-47(51)58(48-16-4-8-20-52(48)60)42-29-25-40(26-30-42)54-38-64-36-12-10-22-56(64)62-54/h1-36,55-56H,37-38H2. The molecule has 4 heteroatoms. The first-order valence-corrected chi connectivity index (χ1v) is 22.3. The van der Waals surface area contributed by atoms with Gasteiger partial charge in [0, 0.05) is 12.4 Å². The highest BCUT2D eigenvalue weighted by Gasteiger charge is 2.26. The van der Waals surface area contributed by atoms with Crippen LogP contribution in [0.5, 0.6) is 0 Å². The van der Waals surface area contributed by atoms with Gasteiger partial charge in [-0.25, -0.2) is 0 Å². The normalized spacial score (nSPS) is 17.4. The van der Waals surface area contributed by atoms with Crippen molar-refractivity contribution in [2.45, 2.75) is 12.3 Å². The van der Waals surface area contributed by atoms with E-state index in [9.17, 15) is 0 Å². The molecule has 0 radical (unpaired) electrons. The minimum Gasteiger partial charge on any atom is -0.347 e. The average Bonchev–Trinajstić information content (AvgIpc) is 4.01. The molecule has 2 atom stereocenters. The zero-order chi connectivity index (χ0) is 42.1. The van der Waals surface area contributed by atoms with Crippen LogP contribution in [-0.4, -0.2) is 46.6 Å². The summed E-state index contributed by atoms with van der Waals surface area (Å²) in [4.78, 5) is 14.6. The SMILES string of the molecule is C1=CC2N=C(c3ccc(-c4c5ccccc5c(-c5ccc(-c6c7ccccc7c(-c7ccc(C8=NC9C=CC=CN9C8)cc7)c7ccccc67)cc5)c5ccccc45)cc3)CN2C=C1. The van der Waals surface area contributed by atoms with E-state index in [1.165, 1.54) is 98.7 Å². The van der Waals surface area contributed by atoms with E-state index < -0.39 is 0 Å². The lowest BCUT2D eigenvalue weighted by Gasteiger charge is -2.20. The molecule has 4 aliphatic heterocycles. The average molecular weight is 819 g/mol. The maximum absolute atomic E-state index is 5.02. The molecule has 0 aromatic heterocycles. The van der Waals surface area contributed by atoms with E-state index in [0.29, 0.717) is 0 Å². The Morgan fingerprint density at radius 1 is 0.297 bits per heavy atom. The fourth-order valence-electron chi connectivity index (χ4n) is 10.6. The second-order valence-corrected chi connectivity index (χ2v) is 17.2. The van der Waals surface area contributed by atoms with E-state index in [1.807, 2.05) is 0 Å². The van der Waals surface area contributed by atoms with Crippen molar-refractivity contribution in [2.75, 3.05) is 13.1 Å². The van der Waals surface area contributed by atoms with Crippen molar-refractivity contribution in [3.63, 3.8) is 0 Å². The Balaban J connectivity index is 0.895. The first kappa shape index (κ1) is 36.6. The predicted octanol–water partition coefficient (Wildman–Crippen LogP) is 14.0. The summed E-state index contributed by atoms with van der Waals surface area (Å²) in [6.45, 7) is 1.65. The Morgan fingerprint density at radius 2 is 0.547 bits per heavy atom. The molecule has 9 aromatic rings. The third-order valence-corrected chi connectivity index (χ3v) is 13.6. The number of nitrogens with zero attached hydrogens (tertiary/aromatic N) is 4. The summed E-state index contributed by atoms with van der Waals surface area (Å²) >= 11 is 0. The van der Waals surface area contributed by atoms with Gasteiger partial charge in [0.15, 0.2) is 0 Å².